The summed E-state index contributed by atoms with van der Waals surface area (Å²) in [4.78, 5) is 14.1. The van der Waals surface area contributed by atoms with Crippen LogP contribution in [0.25, 0.3) is 0 Å². The minimum Gasteiger partial charge on any atom is -0.497 e. The largest absolute Gasteiger partial charge is 0.497 e. The number of anilines is 1. The second-order valence-electron chi connectivity index (χ2n) is 4.97. The molecule has 1 saturated heterocycles. The van der Waals surface area contributed by atoms with Gasteiger partial charge in [-0.3, -0.25) is 4.79 Å². The van der Waals surface area contributed by atoms with E-state index in [2.05, 4.69) is 5.32 Å². The van der Waals surface area contributed by atoms with Gasteiger partial charge in [0, 0.05) is 18.7 Å². The van der Waals surface area contributed by atoms with Gasteiger partial charge in [0.25, 0.3) is 0 Å². The molecule has 1 fully saturated rings. The summed E-state index contributed by atoms with van der Waals surface area (Å²) < 4.78 is 5.18. The van der Waals surface area contributed by atoms with Crippen LogP contribution in [0.2, 0.25) is 5.02 Å². The molecule has 1 aromatic rings. The number of hydrogen-bond donors (Lipinski definition) is 1. The molecule has 1 unspecified atom stereocenters. The second kappa shape index (κ2) is 5.80. The first-order chi connectivity index (χ1) is 9.02. The number of benzene rings is 1. The number of rotatable bonds is 4. The molecule has 0 aliphatic carbocycles. The van der Waals surface area contributed by atoms with Crippen LogP contribution in [-0.2, 0) is 4.79 Å². The zero-order chi connectivity index (χ0) is 14.0. The topological polar surface area (TPSA) is 41.6 Å². The number of amides is 1. The number of ether oxygens (including phenoxy) is 1. The molecule has 0 aromatic heterocycles. The number of hydrogen-bond acceptors (Lipinski definition) is 3. The lowest BCUT2D eigenvalue weighted by atomic mass is 10.2. The fourth-order valence-electron chi connectivity index (χ4n) is 2.30. The van der Waals surface area contributed by atoms with E-state index < -0.39 is 0 Å². The Morgan fingerprint density at radius 2 is 2.21 bits per heavy atom. The lowest BCUT2D eigenvalue weighted by molar-refractivity contribution is -0.118. The van der Waals surface area contributed by atoms with Crippen molar-refractivity contribution >= 4 is 23.2 Å². The van der Waals surface area contributed by atoms with E-state index in [4.69, 9.17) is 16.3 Å². The molecule has 0 saturated carbocycles. The number of carbonyl (C=O) groups excluding carboxylic acids is 1. The van der Waals surface area contributed by atoms with Crippen molar-refractivity contribution in [3.63, 3.8) is 0 Å². The van der Waals surface area contributed by atoms with Crippen LogP contribution in [0.4, 0.5) is 5.69 Å². The van der Waals surface area contributed by atoms with Gasteiger partial charge in [0.05, 0.1) is 23.9 Å². The molecule has 19 heavy (non-hydrogen) atoms. The van der Waals surface area contributed by atoms with Gasteiger partial charge in [0.1, 0.15) is 5.75 Å². The van der Waals surface area contributed by atoms with Crippen LogP contribution >= 0.6 is 11.6 Å². The van der Waals surface area contributed by atoms with Gasteiger partial charge in [-0.1, -0.05) is 25.4 Å². The molecule has 1 N–H and O–H groups in total. The quantitative estimate of drug-likeness (QED) is 0.922. The number of halogens is 1. The highest BCUT2D eigenvalue weighted by molar-refractivity contribution is 6.34. The van der Waals surface area contributed by atoms with Gasteiger partial charge in [0.2, 0.25) is 5.91 Å². The minimum absolute atomic E-state index is 0.0730. The molecule has 1 heterocycles. The normalized spacial score (nSPS) is 19.3. The molecular formula is C14H19ClN2O2. The van der Waals surface area contributed by atoms with Gasteiger partial charge in [-0.15, -0.1) is 0 Å². The highest BCUT2D eigenvalue weighted by atomic mass is 35.5. The van der Waals surface area contributed by atoms with Crippen LogP contribution in [0.15, 0.2) is 18.2 Å². The maximum atomic E-state index is 12.4. The Morgan fingerprint density at radius 1 is 1.47 bits per heavy atom. The summed E-state index contributed by atoms with van der Waals surface area (Å²) >= 11 is 6.18. The van der Waals surface area contributed by atoms with Crippen molar-refractivity contribution in [2.45, 2.75) is 32.4 Å². The summed E-state index contributed by atoms with van der Waals surface area (Å²) in [5, 5.41) is 3.84. The molecule has 1 aromatic carbocycles. The monoisotopic (exact) mass is 282 g/mol. The molecule has 104 valence electrons. The van der Waals surface area contributed by atoms with Gasteiger partial charge < -0.3 is 15.0 Å². The van der Waals surface area contributed by atoms with Crippen LogP contribution in [-0.4, -0.2) is 31.6 Å². The minimum atomic E-state index is -0.123. The van der Waals surface area contributed by atoms with E-state index in [9.17, 15) is 4.79 Å². The van der Waals surface area contributed by atoms with E-state index in [0.29, 0.717) is 17.3 Å². The Kier molecular flexibility index (Phi) is 4.32. The van der Waals surface area contributed by atoms with E-state index in [1.54, 1.807) is 30.2 Å². The zero-order valence-electron chi connectivity index (χ0n) is 11.4. The van der Waals surface area contributed by atoms with Gasteiger partial charge in [0.15, 0.2) is 0 Å². The number of nitrogens with one attached hydrogen (secondary N) is 1. The Bertz CT molecular complexity index is 477. The SMILES string of the molecule is COc1ccc(Cl)c(N2CCC(NC(C)C)C2=O)c1. The lowest BCUT2D eigenvalue weighted by Gasteiger charge is -2.20. The number of carbonyl (C=O) groups is 1. The summed E-state index contributed by atoms with van der Waals surface area (Å²) in [5.74, 6) is 0.774. The smallest absolute Gasteiger partial charge is 0.244 e. The highest BCUT2D eigenvalue weighted by Gasteiger charge is 2.33. The summed E-state index contributed by atoms with van der Waals surface area (Å²) in [6.45, 7) is 4.75. The number of nitrogens with zero attached hydrogens (tertiary/aromatic N) is 1. The van der Waals surface area contributed by atoms with Crippen LogP contribution < -0.4 is 15.0 Å². The molecule has 5 heteroatoms. The first kappa shape index (κ1) is 14.2. The summed E-state index contributed by atoms with van der Waals surface area (Å²) in [7, 11) is 1.60. The Hall–Kier alpha value is -1.26. The van der Waals surface area contributed by atoms with E-state index in [1.807, 2.05) is 13.8 Å². The van der Waals surface area contributed by atoms with Gasteiger partial charge in [-0.25, -0.2) is 0 Å². The molecule has 4 nitrogen and oxygen atoms in total. The third-order valence-corrected chi connectivity index (χ3v) is 3.50. The van der Waals surface area contributed by atoms with Crippen LogP contribution in [0, 0.1) is 0 Å². The Morgan fingerprint density at radius 3 is 2.84 bits per heavy atom. The van der Waals surface area contributed by atoms with Crippen LogP contribution in [0.3, 0.4) is 0 Å². The first-order valence-electron chi connectivity index (χ1n) is 6.44. The van der Waals surface area contributed by atoms with Crippen molar-refractivity contribution in [1.29, 1.82) is 0 Å². The maximum absolute atomic E-state index is 12.4. The van der Waals surface area contributed by atoms with Crippen molar-refractivity contribution in [3.05, 3.63) is 23.2 Å². The van der Waals surface area contributed by atoms with Crippen molar-refractivity contribution < 1.29 is 9.53 Å². The summed E-state index contributed by atoms with van der Waals surface area (Å²) in [5.41, 5.74) is 0.721. The van der Waals surface area contributed by atoms with Crippen molar-refractivity contribution in [2.75, 3.05) is 18.6 Å². The van der Waals surface area contributed by atoms with Gasteiger partial charge in [-0.2, -0.15) is 0 Å². The van der Waals surface area contributed by atoms with Gasteiger partial charge in [-0.05, 0) is 18.6 Å². The van der Waals surface area contributed by atoms with Gasteiger partial charge >= 0.3 is 0 Å². The average molecular weight is 283 g/mol. The van der Waals surface area contributed by atoms with Crippen molar-refractivity contribution in [1.82, 2.24) is 5.32 Å². The zero-order valence-corrected chi connectivity index (χ0v) is 12.2. The third-order valence-electron chi connectivity index (χ3n) is 3.18. The molecular weight excluding hydrogens is 264 g/mol. The van der Waals surface area contributed by atoms with E-state index >= 15 is 0 Å². The average Bonchev–Trinajstić information content (AvgIpc) is 2.71. The predicted octanol–water partition coefficient (Wildman–Crippen LogP) is 2.45. The molecule has 2 rings (SSSR count). The summed E-state index contributed by atoms with van der Waals surface area (Å²) in [6.07, 6.45) is 0.796. The van der Waals surface area contributed by atoms with Crippen LogP contribution in [0.1, 0.15) is 20.3 Å². The predicted molar refractivity (Wildman–Crippen MR) is 77.0 cm³/mol. The first-order valence-corrected chi connectivity index (χ1v) is 6.81. The molecule has 1 aliphatic heterocycles. The Balaban J connectivity index is 2.21. The number of methoxy groups -OCH3 is 1. The second-order valence-corrected chi connectivity index (χ2v) is 5.38. The lowest BCUT2D eigenvalue weighted by Crippen LogP contribution is -2.41. The summed E-state index contributed by atoms with van der Waals surface area (Å²) in [6, 6.07) is 5.51. The highest BCUT2D eigenvalue weighted by Crippen LogP contribution is 2.32. The van der Waals surface area contributed by atoms with Crippen molar-refractivity contribution in [2.24, 2.45) is 0 Å². The van der Waals surface area contributed by atoms with Crippen LogP contribution in [0.5, 0.6) is 5.75 Å². The third kappa shape index (κ3) is 3.01. The molecule has 1 atom stereocenters. The molecule has 0 radical (unpaired) electrons. The van der Waals surface area contributed by atoms with E-state index in [0.717, 1.165) is 12.1 Å². The molecule has 0 bridgehead atoms. The molecule has 1 aliphatic rings. The van der Waals surface area contributed by atoms with E-state index in [1.165, 1.54) is 0 Å². The van der Waals surface area contributed by atoms with Crippen molar-refractivity contribution in [3.8, 4) is 5.75 Å². The molecule has 1 amide bonds. The maximum Gasteiger partial charge on any atom is 0.244 e. The standard InChI is InChI=1S/C14H19ClN2O2/c1-9(2)16-12-6-7-17(14(12)18)13-8-10(19-3)4-5-11(13)15/h4-5,8-9,12,16H,6-7H2,1-3H3. The Labute approximate surface area is 118 Å². The fraction of sp³-hybridized carbons (Fsp3) is 0.500. The fourth-order valence-corrected chi connectivity index (χ4v) is 2.52. The van der Waals surface area contributed by atoms with E-state index in [-0.39, 0.29) is 18.0 Å². The molecule has 0 spiro atoms.